The molecule has 0 aliphatic carbocycles. The highest BCUT2D eigenvalue weighted by atomic mass is 35.5. The summed E-state index contributed by atoms with van der Waals surface area (Å²) >= 11 is 6.04. The Balaban J connectivity index is 1.80. The maximum Gasteiger partial charge on any atom is 0.303 e. The number of fused-ring (bicyclic) bond motifs is 1. The Bertz CT molecular complexity index is 1260. The van der Waals surface area contributed by atoms with E-state index in [1.807, 2.05) is 21.6 Å². The molecule has 0 unspecified atom stereocenters. The Labute approximate surface area is 209 Å². The van der Waals surface area contributed by atoms with Crippen LogP contribution in [0.25, 0.3) is 17.0 Å². The zero-order valence-electron chi connectivity index (χ0n) is 20.0. The van der Waals surface area contributed by atoms with Gasteiger partial charge in [0, 0.05) is 42.4 Å². The van der Waals surface area contributed by atoms with E-state index >= 15 is 0 Å². The zero-order chi connectivity index (χ0) is 24.9. The van der Waals surface area contributed by atoms with Gasteiger partial charge in [-0.1, -0.05) is 43.5 Å². The molecule has 1 aliphatic rings. The molecule has 0 radical (unpaired) electrons. The van der Waals surface area contributed by atoms with Gasteiger partial charge in [0.15, 0.2) is 5.78 Å². The van der Waals surface area contributed by atoms with Gasteiger partial charge in [0.1, 0.15) is 5.82 Å². The zero-order valence-corrected chi connectivity index (χ0v) is 20.7. The van der Waals surface area contributed by atoms with Crippen LogP contribution in [0, 0.1) is 0 Å². The summed E-state index contributed by atoms with van der Waals surface area (Å²) in [7, 11) is 0. The summed E-state index contributed by atoms with van der Waals surface area (Å²) in [5.74, 6) is 0.145. The first kappa shape index (κ1) is 25.0. The molecule has 1 saturated heterocycles. The van der Waals surface area contributed by atoms with Crippen molar-refractivity contribution in [3.05, 3.63) is 51.9 Å². The van der Waals surface area contributed by atoms with Crippen molar-refractivity contribution >= 4 is 34.9 Å². The highest BCUT2D eigenvalue weighted by molar-refractivity contribution is 6.30. The fourth-order valence-electron chi connectivity index (χ4n) is 4.75. The number of anilines is 1. The summed E-state index contributed by atoms with van der Waals surface area (Å²) in [5.41, 5.74) is 1.32. The van der Waals surface area contributed by atoms with Crippen molar-refractivity contribution < 1.29 is 14.7 Å². The van der Waals surface area contributed by atoms with Crippen molar-refractivity contribution in [3.63, 3.8) is 0 Å². The summed E-state index contributed by atoms with van der Waals surface area (Å²) < 4.78 is 3.60. The Kier molecular flexibility index (Phi) is 7.90. The lowest BCUT2D eigenvalue weighted by molar-refractivity contribution is -0.138. The number of carbonyl (C=O) groups is 2. The number of rotatable bonds is 10. The van der Waals surface area contributed by atoms with Gasteiger partial charge in [0.2, 0.25) is 5.78 Å². The molecule has 3 aromatic rings. The van der Waals surface area contributed by atoms with Crippen LogP contribution in [-0.2, 0) is 16.1 Å². The number of ketones is 1. The Morgan fingerprint density at radius 3 is 2.63 bits per heavy atom. The van der Waals surface area contributed by atoms with Gasteiger partial charge in [0.25, 0.3) is 5.56 Å². The second-order valence-corrected chi connectivity index (χ2v) is 9.50. The number of aromatic nitrogens is 3. The molecule has 2 aromatic heterocycles. The van der Waals surface area contributed by atoms with Gasteiger partial charge in [0.05, 0.1) is 18.2 Å². The first-order valence-electron chi connectivity index (χ1n) is 12.3. The van der Waals surface area contributed by atoms with Gasteiger partial charge in [-0.2, -0.15) is 0 Å². The SMILES string of the molecule is CCCCCn1c(N2CCCC[C@H]2C(=O)CCC(=O)O)cc(=O)n2cc(-c3ccc(Cl)cc3)nc12. The van der Waals surface area contributed by atoms with Crippen molar-refractivity contribution in [1.82, 2.24) is 14.0 Å². The average Bonchev–Trinajstić information content (AvgIpc) is 3.30. The van der Waals surface area contributed by atoms with Crippen LogP contribution in [0.2, 0.25) is 5.02 Å². The van der Waals surface area contributed by atoms with Crippen LogP contribution >= 0.6 is 11.6 Å². The molecule has 1 aliphatic heterocycles. The van der Waals surface area contributed by atoms with Gasteiger partial charge in [-0.3, -0.25) is 23.4 Å². The van der Waals surface area contributed by atoms with E-state index in [-0.39, 0.29) is 24.2 Å². The average molecular weight is 499 g/mol. The molecule has 8 nitrogen and oxygen atoms in total. The molecule has 1 atom stereocenters. The van der Waals surface area contributed by atoms with E-state index in [1.165, 1.54) is 0 Å². The molecule has 0 spiro atoms. The van der Waals surface area contributed by atoms with Gasteiger partial charge in [-0.05, 0) is 37.8 Å². The molecule has 1 fully saturated rings. The largest absolute Gasteiger partial charge is 0.481 e. The highest BCUT2D eigenvalue weighted by Crippen LogP contribution is 2.28. The summed E-state index contributed by atoms with van der Waals surface area (Å²) in [5, 5.41) is 9.67. The molecule has 1 aromatic carbocycles. The number of piperidine rings is 1. The number of nitrogens with zero attached hydrogens (tertiary/aromatic N) is 4. The predicted octanol–water partition coefficient (Wildman–Crippen LogP) is 4.80. The normalized spacial score (nSPS) is 16.1. The number of carboxylic acid groups (broad SMARTS) is 1. The molecular formula is C26H31ClN4O4. The predicted molar refractivity (Wildman–Crippen MR) is 136 cm³/mol. The third-order valence-electron chi connectivity index (χ3n) is 6.57. The van der Waals surface area contributed by atoms with Crippen molar-refractivity contribution in [2.75, 3.05) is 11.4 Å². The number of halogens is 1. The fourth-order valence-corrected chi connectivity index (χ4v) is 4.88. The molecule has 35 heavy (non-hydrogen) atoms. The summed E-state index contributed by atoms with van der Waals surface area (Å²) in [6.45, 7) is 3.44. The Morgan fingerprint density at radius 2 is 1.91 bits per heavy atom. The third kappa shape index (κ3) is 5.59. The molecule has 4 rings (SSSR count). The number of benzene rings is 1. The van der Waals surface area contributed by atoms with Crippen LogP contribution in [0.3, 0.4) is 0 Å². The number of carboxylic acids is 1. The van der Waals surface area contributed by atoms with Crippen molar-refractivity contribution in [1.29, 1.82) is 0 Å². The number of aliphatic carboxylic acids is 1. The van der Waals surface area contributed by atoms with Crippen LogP contribution in [0.1, 0.15) is 58.3 Å². The standard InChI is InChI=1S/C26H31ClN4O4/c1-2-3-5-15-30-23(29-14-6-4-7-21(29)22(32)12-13-25(34)35)16-24(33)31-17-20(28-26(30)31)18-8-10-19(27)11-9-18/h8-11,16-17,21H,2-7,12-15H2,1H3,(H,34,35)/t21-/m0/s1. The number of imidazole rings is 1. The van der Waals surface area contributed by atoms with Crippen molar-refractivity contribution in [3.8, 4) is 11.3 Å². The molecule has 0 saturated carbocycles. The van der Waals surface area contributed by atoms with Crippen LogP contribution in [0.4, 0.5) is 5.82 Å². The van der Waals surface area contributed by atoms with Gasteiger partial charge in [-0.15, -0.1) is 0 Å². The first-order chi connectivity index (χ1) is 16.9. The van der Waals surface area contributed by atoms with Gasteiger partial charge < -0.3 is 10.0 Å². The minimum absolute atomic E-state index is 0.0110. The van der Waals surface area contributed by atoms with Crippen LogP contribution in [0.5, 0.6) is 0 Å². The number of aryl methyl sites for hydroxylation is 1. The lowest BCUT2D eigenvalue weighted by Crippen LogP contribution is -2.46. The number of hydrogen-bond acceptors (Lipinski definition) is 5. The minimum atomic E-state index is -0.981. The Hall–Kier alpha value is -3.13. The number of hydrogen-bond donors (Lipinski definition) is 1. The van der Waals surface area contributed by atoms with Crippen molar-refractivity contribution in [2.24, 2.45) is 0 Å². The van der Waals surface area contributed by atoms with E-state index in [9.17, 15) is 14.4 Å². The molecule has 0 amide bonds. The summed E-state index contributed by atoms with van der Waals surface area (Å²) in [6.07, 6.45) is 6.99. The van der Waals surface area contributed by atoms with Crippen LogP contribution < -0.4 is 10.5 Å². The summed E-state index contributed by atoms with van der Waals surface area (Å²) in [6, 6.07) is 8.49. The first-order valence-corrected chi connectivity index (χ1v) is 12.7. The lowest BCUT2D eigenvalue weighted by atomic mass is 9.96. The van der Waals surface area contributed by atoms with Crippen LogP contribution in [0.15, 0.2) is 41.3 Å². The van der Waals surface area contributed by atoms with Gasteiger partial charge >= 0.3 is 5.97 Å². The van der Waals surface area contributed by atoms with Gasteiger partial charge in [-0.25, -0.2) is 4.98 Å². The quantitative estimate of drug-likeness (QED) is 0.403. The van der Waals surface area contributed by atoms with E-state index in [0.717, 1.165) is 37.7 Å². The van der Waals surface area contributed by atoms with Crippen molar-refractivity contribution in [2.45, 2.75) is 70.9 Å². The number of Topliss-reactive ketones (excluding diaryl/α,β-unsaturated/α-hetero) is 1. The van der Waals surface area contributed by atoms with E-state index in [0.29, 0.717) is 41.8 Å². The molecule has 1 N–H and O–H groups in total. The second-order valence-electron chi connectivity index (χ2n) is 9.07. The highest BCUT2D eigenvalue weighted by Gasteiger charge is 2.31. The third-order valence-corrected chi connectivity index (χ3v) is 6.83. The molecule has 0 bridgehead atoms. The second kappa shape index (κ2) is 11.1. The summed E-state index contributed by atoms with van der Waals surface area (Å²) in [4.78, 5) is 44.1. The fraction of sp³-hybridized carbons (Fsp3) is 0.462. The maximum atomic E-state index is 13.2. The number of carbonyl (C=O) groups excluding carboxylic acids is 1. The molecular weight excluding hydrogens is 468 g/mol. The Morgan fingerprint density at radius 1 is 1.14 bits per heavy atom. The number of unbranched alkanes of at least 4 members (excludes halogenated alkanes) is 2. The molecule has 186 valence electrons. The topological polar surface area (TPSA) is 96.9 Å². The van der Waals surface area contributed by atoms with E-state index in [4.69, 9.17) is 21.7 Å². The van der Waals surface area contributed by atoms with Crippen LogP contribution in [-0.4, -0.2) is 43.4 Å². The smallest absolute Gasteiger partial charge is 0.303 e. The van der Waals surface area contributed by atoms with E-state index in [2.05, 4.69) is 6.92 Å². The lowest BCUT2D eigenvalue weighted by Gasteiger charge is -2.37. The minimum Gasteiger partial charge on any atom is -0.481 e. The maximum absolute atomic E-state index is 13.2. The monoisotopic (exact) mass is 498 g/mol. The van der Waals surface area contributed by atoms with E-state index in [1.54, 1.807) is 28.8 Å². The molecule has 9 heteroatoms. The molecule has 3 heterocycles. The van der Waals surface area contributed by atoms with E-state index < -0.39 is 12.0 Å².